The van der Waals surface area contributed by atoms with Gasteiger partial charge in [0.1, 0.15) is 0 Å². The number of nitrogens with one attached hydrogen (secondary N) is 2. The Kier molecular flexibility index (Phi) is 6.00. The summed E-state index contributed by atoms with van der Waals surface area (Å²) in [6.07, 6.45) is 5.78. The molecule has 3 unspecified atom stereocenters. The summed E-state index contributed by atoms with van der Waals surface area (Å²) >= 11 is -2.21. The van der Waals surface area contributed by atoms with E-state index in [1.165, 1.54) is 17.1 Å². The molecule has 2 aliphatic rings. The van der Waals surface area contributed by atoms with Gasteiger partial charge in [-0.15, -0.1) is 0 Å². The monoisotopic (exact) mass is 422 g/mol. The molecule has 1 saturated heterocycles. The zero-order valence-electron chi connectivity index (χ0n) is 16.7. The lowest BCUT2D eigenvalue weighted by Crippen LogP contribution is -2.28. The number of aliphatic hydroxyl groups is 1. The quantitative estimate of drug-likeness (QED) is 0.515. The summed E-state index contributed by atoms with van der Waals surface area (Å²) in [6, 6.07) is 0.0526. The van der Waals surface area contributed by atoms with Crippen LogP contribution in [0.2, 0.25) is 0 Å². The van der Waals surface area contributed by atoms with Gasteiger partial charge in [0.05, 0.1) is 19.0 Å². The molecule has 29 heavy (non-hydrogen) atoms. The van der Waals surface area contributed by atoms with Crippen LogP contribution in [0.3, 0.4) is 0 Å². The van der Waals surface area contributed by atoms with Crippen molar-refractivity contribution in [1.29, 1.82) is 0 Å². The lowest BCUT2D eigenvalue weighted by molar-refractivity contribution is 0.265. The number of hydrogen-bond donors (Lipinski definition) is 3. The predicted molar refractivity (Wildman–Crippen MR) is 110 cm³/mol. The molecular weight excluding hydrogens is 394 g/mol. The summed E-state index contributed by atoms with van der Waals surface area (Å²) in [4.78, 5) is 13.8. The van der Waals surface area contributed by atoms with E-state index in [1.807, 2.05) is 4.57 Å². The molecule has 1 aliphatic heterocycles. The molecule has 1 saturated carbocycles. The van der Waals surface area contributed by atoms with Gasteiger partial charge in [-0.1, -0.05) is 12.8 Å². The number of imidazole rings is 1. The Morgan fingerprint density at radius 1 is 1.34 bits per heavy atom. The second kappa shape index (κ2) is 8.50. The molecule has 2 aromatic heterocycles. The molecule has 3 N–H and O–H groups in total. The van der Waals surface area contributed by atoms with E-state index in [-0.39, 0.29) is 24.7 Å². The number of aromatic nitrogens is 4. The molecule has 3 atom stereocenters. The molecule has 0 spiro atoms. The van der Waals surface area contributed by atoms with Crippen LogP contribution in [-0.2, 0) is 11.3 Å². The topological polar surface area (TPSA) is 131 Å². The van der Waals surface area contributed by atoms with Crippen molar-refractivity contribution in [2.24, 2.45) is 5.92 Å². The summed E-state index contributed by atoms with van der Waals surface area (Å²) in [5, 5.41) is 16.4. The minimum Gasteiger partial charge on any atom is -0.760 e. The fourth-order valence-electron chi connectivity index (χ4n) is 3.75. The standard InChI is InChI=1S/C18H29N7O3S/c1-11(2)25-10-19-15-16(20-13-5-6-24(8-13)29(27)28)22-18(23-17(15)25)21-14(9-26)7-12-3-4-12/h10-14,26H,3-9H2,1-2H3,(H,27,28)(H2,20,21,22,23)/p-1. The van der Waals surface area contributed by atoms with Crippen LogP contribution in [0.5, 0.6) is 0 Å². The third kappa shape index (κ3) is 4.68. The van der Waals surface area contributed by atoms with Crippen LogP contribution in [0, 0.1) is 5.92 Å². The number of rotatable bonds is 9. The van der Waals surface area contributed by atoms with E-state index in [2.05, 4.69) is 39.4 Å². The Hall–Kier alpha value is -1.82. The lowest BCUT2D eigenvalue weighted by Gasteiger charge is -2.20. The molecule has 0 aromatic carbocycles. The van der Waals surface area contributed by atoms with Crippen molar-refractivity contribution >= 4 is 34.2 Å². The van der Waals surface area contributed by atoms with Gasteiger partial charge in [-0.3, -0.25) is 4.21 Å². The highest BCUT2D eigenvalue weighted by Crippen LogP contribution is 2.34. The van der Waals surface area contributed by atoms with E-state index in [1.54, 1.807) is 6.33 Å². The van der Waals surface area contributed by atoms with Gasteiger partial charge in [-0.2, -0.15) is 9.97 Å². The lowest BCUT2D eigenvalue weighted by atomic mass is 10.1. The Morgan fingerprint density at radius 3 is 2.76 bits per heavy atom. The molecule has 2 aromatic rings. The Labute approximate surface area is 172 Å². The third-order valence-electron chi connectivity index (χ3n) is 5.55. The van der Waals surface area contributed by atoms with Crippen molar-refractivity contribution in [2.75, 3.05) is 30.3 Å². The molecule has 0 amide bonds. The first-order valence-corrected chi connectivity index (χ1v) is 11.2. The van der Waals surface area contributed by atoms with Gasteiger partial charge in [0.15, 0.2) is 17.0 Å². The van der Waals surface area contributed by atoms with Crippen LogP contribution in [0.1, 0.15) is 45.6 Å². The van der Waals surface area contributed by atoms with Crippen molar-refractivity contribution in [3.05, 3.63) is 6.33 Å². The van der Waals surface area contributed by atoms with Crippen LogP contribution < -0.4 is 10.6 Å². The fraction of sp³-hybridized carbons (Fsp3) is 0.722. The maximum Gasteiger partial charge on any atom is 0.227 e. The van der Waals surface area contributed by atoms with Crippen molar-refractivity contribution in [1.82, 2.24) is 23.8 Å². The van der Waals surface area contributed by atoms with Gasteiger partial charge in [0, 0.05) is 36.4 Å². The summed E-state index contributed by atoms with van der Waals surface area (Å²) in [5.74, 6) is 1.70. The number of aliphatic hydroxyl groups excluding tert-OH is 1. The van der Waals surface area contributed by atoms with Crippen molar-refractivity contribution in [3.8, 4) is 0 Å². The van der Waals surface area contributed by atoms with Gasteiger partial charge in [0.2, 0.25) is 5.95 Å². The first-order chi connectivity index (χ1) is 13.9. The van der Waals surface area contributed by atoms with Crippen LogP contribution in [-0.4, -0.2) is 69.5 Å². The molecule has 3 heterocycles. The van der Waals surface area contributed by atoms with Crippen molar-refractivity contribution < 1.29 is 13.9 Å². The number of fused-ring (bicyclic) bond motifs is 1. The van der Waals surface area contributed by atoms with Gasteiger partial charge in [-0.05, 0) is 32.6 Å². The Balaban J connectivity index is 1.61. The normalized spacial score (nSPS) is 22.3. The number of nitrogens with zero attached hydrogens (tertiary/aromatic N) is 5. The van der Waals surface area contributed by atoms with Crippen LogP contribution >= 0.6 is 0 Å². The highest BCUT2D eigenvalue weighted by atomic mass is 32.2. The second-order valence-corrected chi connectivity index (χ2v) is 9.20. The molecular formula is C18H28N7O3S-. The molecule has 11 heteroatoms. The number of anilines is 2. The minimum atomic E-state index is -2.21. The maximum atomic E-state index is 11.2. The third-order valence-corrected chi connectivity index (χ3v) is 6.30. The van der Waals surface area contributed by atoms with E-state index in [4.69, 9.17) is 0 Å². The maximum absolute atomic E-state index is 11.2. The summed E-state index contributed by atoms with van der Waals surface area (Å²) < 4.78 is 25.8. The van der Waals surface area contributed by atoms with E-state index in [0.717, 1.165) is 6.42 Å². The second-order valence-electron chi connectivity index (χ2n) is 8.25. The van der Waals surface area contributed by atoms with Crippen molar-refractivity contribution in [2.45, 2.75) is 57.7 Å². The smallest absolute Gasteiger partial charge is 0.227 e. The van der Waals surface area contributed by atoms with Crippen molar-refractivity contribution in [3.63, 3.8) is 0 Å². The molecule has 1 aliphatic carbocycles. The summed E-state index contributed by atoms with van der Waals surface area (Å²) in [6.45, 7) is 5.03. The van der Waals surface area contributed by atoms with Gasteiger partial charge in [0.25, 0.3) is 0 Å². The minimum absolute atomic E-state index is 0.0248. The van der Waals surface area contributed by atoms with E-state index >= 15 is 0 Å². The van der Waals surface area contributed by atoms with Crippen LogP contribution in [0.25, 0.3) is 11.2 Å². The molecule has 160 valence electrons. The molecule has 4 rings (SSSR count). The molecule has 0 radical (unpaired) electrons. The Bertz CT molecular complexity index is 886. The van der Waals surface area contributed by atoms with Crippen LogP contribution in [0.15, 0.2) is 6.33 Å². The zero-order valence-corrected chi connectivity index (χ0v) is 17.6. The summed E-state index contributed by atoms with van der Waals surface area (Å²) in [5.41, 5.74) is 1.37. The van der Waals surface area contributed by atoms with E-state index < -0.39 is 11.3 Å². The zero-order chi connectivity index (χ0) is 20.5. The number of hydrogen-bond acceptors (Lipinski definition) is 8. The first-order valence-electron chi connectivity index (χ1n) is 10.2. The van der Waals surface area contributed by atoms with Crippen LogP contribution in [0.4, 0.5) is 11.8 Å². The highest BCUT2D eigenvalue weighted by molar-refractivity contribution is 7.76. The van der Waals surface area contributed by atoms with Gasteiger partial charge < -0.3 is 24.9 Å². The largest absolute Gasteiger partial charge is 0.760 e. The first kappa shape index (κ1) is 20.5. The Morgan fingerprint density at radius 2 is 2.14 bits per heavy atom. The molecule has 2 fully saturated rings. The predicted octanol–water partition coefficient (Wildman–Crippen LogP) is 1.26. The fourth-order valence-corrected chi connectivity index (χ4v) is 4.31. The molecule has 10 nitrogen and oxygen atoms in total. The summed E-state index contributed by atoms with van der Waals surface area (Å²) in [7, 11) is 0. The average molecular weight is 423 g/mol. The van der Waals surface area contributed by atoms with Gasteiger partial charge in [-0.25, -0.2) is 9.29 Å². The highest BCUT2D eigenvalue weighted by Gasteiger charge is 2.27. The SMILES string of the molecule is CC(C)n1cnc2c(NC3CCN(S(=O)[O-])C3)nc(NC(CO)CC3CC3)nc21. The van der Waals surface area contributed by atoms with Gasteiger partial charge >= 0.3 is 0 Å². The molecule has 0 bridgehead atoms. The average Bonchev–Trinajstić information content (AvgIpc) is 3.18. The van der Waals surface area contributed by atoms with E-state index in [0.29, 0.717) is 48.4 Å². The van der Waals surface area contributed by atoms with E-state index in [9.17, 15) is 13.9 Å².